The highest BCUT2D eigenvalue weighted by Gasteiger charge is 2.30. The maximum Gasteiger partial charge on any atom is 0.416 e. The number of thiazole rings is 1. The van der Waals surface area contributed by atoms with Gasteiger partial charge in [-0.25, -0.2) is 4.98 Å². The summed E-state index contributed by atoms with van der Waals surface area (Å²) in [6.45, 7) is 0. The summed E-state index contributed by atoms with van der Waals surface area (Å²) in [5.41, 5.74) is 0.439. The largest absolute Gasteiger partial charge is 0.416 e. The van der Waals surface area contributed by atoms with Crippen LogP contribution in [0.3, 0.4) is 0 Å². The molecule has 1 aliphatic rings. The van der Waals surface area contributed by atoms with Gasteiger partial charge in [0.1, 0.15) is 0 Å². The highest BCUT2D eigenvalue weighted by molar-refractivity contribution is 7.15. The van der Waals surface area contributed by atoms with Gasteiger partial charge in [-0.15, -0.1) is 11.3 Å². The van der Waals surface area contributed by atoms with Crippen molar-refractivity contribution in [3.05, 3.63) is 46.0 Å². The zero-order chi connectivity index (χ0) is 15.7. The zero-order valence-electron chi connectivity index (χ0n) is 11.5. The van der Waals surface area contributed by atoms with Crippen molar-refractivity contribution in [1.29, 1.82) is 0 Å². The van der Waals surface area contributed by atoms with Crippen LogP contribution >= 0.6 is 11.3 Å². The lowest BCUT2D eigenvalue weighted by Gasteiger charge is -2.07. The Balaban J connectivity index is 1.73. The van der Waals surface area contributed by atoms with Gasteiger partial charge in [-0.1, -0.05) is 0 Å². The smallest absolute Gasteiger partial charge is 0.298 e. The summed E-state index contributed by atoms with van der Waals surface area (Å²) in [6.07, 6.45) is -0.279. The summed E-state index contributed by atoms with van der Waals surface area (Å²) in [6, 6.07) is 4.15. The van der Waals surface area contributed by atoms with E-state index < -0.39 is 17.6 Å². The third-order valence-electron chi connectivity index (χ3n) is 3.54. The Bertz CT molecular complexity index is 668. The van der Waals surface area contributed by atoms with E-state index >= 15 is 0 Å². The van der Waals surface area contributed by atoms with Crippen LogP contribution in [0.5, 0.6) is 0 Å². The van der Waals surface area contributed by atoms with Gasteiger partial charge in [0, 0.05) is 10.4 Å². The first kappa shape index (κ1) is 15.0. The third-order valence-corrected chi connectivity index (χ3v) is 4.61. The lowest BCUT2D eigenvalue weighted by atomic mass is 10.0. The van der Waals surface area contributed by atoms with Gasteiger partial charge in [0.2, 0.25) is 0 Å². The zero-order valence-corrected chi connectivity index (χ0v) is 12.4. The molecule has 0 bridgehead atoms. The molecule has 116 valence electrons. The predicted molar refractivity (Wildman–Crippen MR) is 78.2 cm³/mol. The molecule has 1 aliphatic carbocycles. The molecule has 1 aromatic heterocycles. The minimum absolute atomic E-state index is 0.182. The van der Waals surface area contributed by atoms with Crippen molar-refractivity contribution < 1.29 is 18.0 Å². The number of rotatable bonds is 2. The maximum absolute atomic E-state index is 12.5. The second-order valence-corrected chi connectivity index (χ2v) is 6.21. The van der Waals surface area contributed by atoms with Crippen LogP contribution in [0.4, 0.5) is 18.3 Å². The number of carbonyl (C=O) groups is 1. The number of nitrogens with one attached hydrogen (secondary N) is 1. The predicted octanol–water partition coefficient (Wildman–Crippen LogP) is 4.29. The molecule has 1 N–H and O–H groups in total. The molecule has 1 amide bonds. The molecule has 0 spiro atoms. The lowest BCUT2D eigenvalue weighted by Crippen LogP contribution is -2.12. The number of halogens is 3. The number of carbonyl (C=O) groups excluding carboxylic acids is 1. The SMILES string of the molecule is O=C(Nc1nc2c(s1)CCCC2)c1ccc(C(F)(F)F)cc1. The average Bonchev–Trinajstić information content (AvgIpc) is 2.88. The van der Waals surface area contributed by atoms with Crippen molar-refractivity contribution in [2.45, 2.75) is 31.9 Å². The van der Waals surface area contributed by atoms with E-state index in [9.17, 15) is 18.0 Å². The van der Waals surface area contributed by atoms with Gasteiger partial charge in [-0.2, -0.15) is 13.2 Å². The summed E-state index contributed by atoms with van der Waals surface area (Å²) >= 11 is 1.44. The van der Waals surface area contributed by atoms with Crippen molar-refractivity contribution in [1.82, 2.24) is 4.98 Å². The molecule has 0 atom stereocenters. The van der Waals surface area contributed by atoms with Crippen molar-refractivity contribution in [3.8, 4) is 0 Å². The number of hydrogen-bond acceptors (Lipinski definition) is 3. The number of aryl methyl sites for hydroxylation is 2. The molecule has 22 heavy (non-hydrogen) atoms. The van der Waals surface area contributed by atoms with Crippen LogP contribution in [0.25, 0.3) is 0 Å². The molecular weight excluding hydrogens is 313 g/mol. The Hall–Kier alpha value is -1.89. The molecule has 0 aliphatic heterocycles. The normalized spacial score (nSPS) is 14.5. The Kier molecular flexibility index (Phi) is 3.90. The molecule has 3 rings (SSSR count). The highest BCUT2D eigenvalue weighted by Crippen LogP contribution is 2.31. The van der Waals surface area contributed by atoms with E-state index in [1.807, 2.05) is 0 Å². The molecule has 0 radical (unpaired) electrons. The van der Waals surface area contributed by atoms with Crippen LogP contribution in [0.15, 0.2) is 24.3 Å². The summed E-state index contributed by atoms with van der Waals surface area (Å²) in [4.78, 5) is 17.6. The van der Waals surface area contributed by atoms with Crippen molar-refractivity contribution in [3.63, 3.8) is 0 Å². The van der Waals surface area contributed by atoms with E-state index in [0.29, 0.717) is 5.13 Å². The lowest BCUT2D eigenvalue weighted by molar-refractivity contribution is -0.137. The van der Waals surface area contributed by atoms with Gasteiger partial charge in [0.15, 0.2) is 5.13 Å². The first-order chi connectivity index (χ1) is 10.4. The van der Waals surface area contributed by atoms with Gasteiger partial charge in [0.25, 0.3) is 5.91 Å². The first-order valence-electron chi connectivity index (χ1n) is 6.91. The number of amides is 1. The molecule has 0 saturated heterocycles. The van der Waals surface area contributed by atoms with Gasteiger partial charge in [0.05, 0.1) is 11.3 Å². The van der Waals surface area contributed by atoms with E-state index in [0.717, 1.165) is 43.5 Å². The standard InChI is InChI=1S/C15H13F3N2OS/c16-15(17,18)10-7-5-9(6-8-10)13(21)20-14-19-11-3-1-2-4-12(11)22-14/h5-8H,1-4H2,(H,19,20,21). The summed E-state index contributed by atoms with van der Waals surface area (Å²) in [5, 5.41) is 3.17. The van der Waals surface area contributed by atoms with E-state index in [1.165, 1.54) is 28.3 Å². The summed E-state index contributed by atoms with van der Waals surface area (Å²) in [5.74, 6) is -0.445. The first-order valence-corrected chi connectivity index (χ1v) is 7.72. The summed E-state index contributed by atoms with van der Waals surface area (Å²) in [7, 11) is 0. The topological polar surface area (TPSA) is 42.0 Å². The fraction of sp³-hybridized carbons (Fsp3) is 0.333. The van der Waals surface area contributed by atoms with Crippen molar-refractivity contribution in [2.24, 2.45) is 0 Å². The monoisotopic (exact) mass is 326 g/mol. The van der Waals surface area contributed by atoms with Crippen molar-refractivity contribution in [2.75, 3.05) is 5.32 Å². The molecule has 1 heterocycles. The number of anilines is 1. The fourth-order valence-electron chi connectivity index (χ4n) is 2.39. The molecule has 3 nitrogen and oxygen atoms in total. The number of benzene rings is 1. The van der Waals surface area contributed by atoms with Gasteiger partial charge < -0.3 is 0 Å². The molecular formula is C15H13F3N2OS. The Morgan fingerprint density at radius 2 is 1.82 bits per heavy atom. The number of alkyl halides is 3. The fourth-order valence-corrected chi connectivity index (χ4v) is 3.43. The number of hydrogen-bond donors (Lipinski definition) is 1. The minimum atomic E-state index is -4.40. The van der Waals surface area contributed by atoms with Gasteiger partial charge in [-0.05, 0) is 49.9 Å². The Morgan fingerprint density at radius 1 is 1.14 bits per heavy atom. The van der Waals surface area contributed by atoms with Gasteiger partial charge >= 0.3 is 6.18 Å². The van der Waals surface area contributed by atoms with Crippen LogP contribution in [0, 0.1) is 0 Å². The second kappa shape index (κ2) is 5.72. The number of fused-ring (bicyclic) bond motifs is 1. The molecule has 2 aromatic rings. The molecule has 0 saturated carbocycles. The van der Waals surface area contributed by atoms with Crippen LogP contribution in [-0.2, 0) is 19.0 Å². The number of nitrogens with zero attached hydrogens (tertiary/aromatic N) is 1. The van der Waals surface area contributed by atoms with E-state index in [-0.39, 0.29) is 5.56 Å². The third kappa shape index (κ3) is 3.14. The molecule has 1 aromatic carbocycles. The van der Waals surface area contributed by atoms with Crippen molar-refractivity contribution >= 4 is 22.4 Å². The molecule has 7 heteroatoms. The number of aromatic nitrogens is 1. The van der Waals surface area contributed by atoms with Gasteiger partial charge in [-0.3, -0.25) is 10.1 Å². The van der Waals surface area contributed by atoms with E-state index in [2.05, 4.69) is 10.3 Å². The Labute approximate surface area is 129 Å². The van der Waals surface area contributed by atoms with Crippen LogP contribution in [-0.4, -0.2) is 10.9 Å². The second-order valence-electron chi connectivity index (χ2n) is 5.13. The average molecular weight is 326 g/mol. The van der Waals surface area contributed by atoms with Crippen LogP contribution in [0.2, 0.25) is 0 Å². The minimum Gasteiger partial charge on any atom is -0.298 e. The Morgan fingerprint density at radius 3 is 2.45 bits per heavy atom. The quantitative estimate of drug-likeness (QED) is 0.894. The summed E-state index contributed by atoms with van der Waals surface area (Å²) < 4.78 is 37.5. The highest BCUT2D eigenvalue weighted by atomic mass is 32.1. The van der Waals surface area contributed by atoms with E-state index in [1.54, 1.807) is 0 Å². The molecule has 0 unspecified atom stereocenters. The van der Waals surface area contributed by atoms with Crippen LogP contribution < -0.4 is 5.32 Å². The maximum atomic E-state index is 12.5. The van der Waals surface area contributed by atoms with Crippen LogP contribution in [0.1, 0.15) is 39.3 Å². The molecule has 0 fully saturated rings. The van der Waals surface area contributed by atoms with E-state index in [4.69, 9.17) is 0 Å².